The van der Waals surface area contributed by atoms with Crippen molar-refractivity contribution in [2.75, 3.05) is 42.9 Å². The van der Waals surface area contributed by atoms with Crippen molar-refractivity contribution < 1.29 is 4.79 Å². The third kappa shape index (κ3) is 3.95. The van der Waals surface area contributed by atoms with E-state index in [0.717, 1.165) is 38.4 Å². The number of para-hydroxylation sites is 1. The first-order valence-electron chi connectivity index (χ1n) is 8.44. The molecule has 1 fully saturated rings. The van der Waals surface area contributed by atoms with Gasteiger partial charge in [-0.15, -0.1) is 0 Å². The van der Waals surface area contributed by atoms with Gasteiger partial charge in [-0.2, -0.15) is 5.26 Å². The number of pyridine rings is 1. The Morgan fingerprint density at radius 2 is 2.00 bits per heavy atom. The second-order valence-corrected chi connectivity index (χ2v) is 5.96. The van der Waals surface area contributed by atoms with Crippen LogP contribution in [0.4, 0.5) is 11.4 Å². The lowest BCUT2D eigenvalue weighted by Gasteiger charge is -2.35. The van der Waals surface area contributed by atoms with Gasteiger partial charge in [0.25, 0.3) is 5.91 Å². The highest BCUT2D eigenvalue weighted by molar-refractivity contribution is 6.05. The Balaban J connectivity index is 1.73. The fourth-order valence-electron chi connectivity index (χ4n) is 2.93. The van der Waals surface area contributed by atoms with Crippen molar-refractivity contribution in [2.45, 2.75) is 6.92 Å². The SMILES string of the molecule is CCN1CCN(c2cncc(C(=O)Nc3ccccc3C#N)c2)CC1. The molecule has 2 aromatic rings. The van der Waals surface area contributed by atoms with Crippen molar-refractivity contribution in [3.8, 4) is 6.07 Å². The van der Waals surface area contributed by atoms with Crippen LogP contribution in [-0.2, 0) is 0 Å². The summed E-state index contributed by atoms with van der Waals surface area (Å²) >= 11 is 0. The van der Waals surface area contributed by atoms with Gasteiger partial charge in [-0.1, -0.05) is 19.1 Å². The van der Waals surface area contributed by atoms with Crippen LogP contribution in [0.3, 0.4) is 0 Å². The number of benzene rings is 1. The molecule has 1 N–H and O–H groups in total. The Kier molecular flexibility index (Phi) is 5.26. The third-order valence-corrected chi connectivity index (χ3v) is 4.47. The van der Waals surface area contributed by atoms with Gasteiger partial charge in [0.1, 0.15) is 6.07 Å². The second kappa shape index (κ2) is 7.77. The van der Waals surface area contributed by atoms with Gasteiger partial charge >= 0.3 is 0 Å². The summed E-state index contributed by atoms with van der Waals surface area (Å²) in [6.45, 7) is 7.12. The van der Waals surface area contributed by atoms with Gasteiger partial charge in [0, 0.05) is 32.4 Å². The summed E-state index contributed by atoms with van der Waals surface area (Å²) in [4.78, 5) is 21.4. The molecule has 0 radical (unpaired) electrons. The normalized spacial score (nSPS) is 14.8. The van der Waals surface area contributed by atoms with Crippen LogP contribution < -0.4 is 10.2 Å². The fourth-order valence-corrected chi connectivity index (χ4v) is 2.93. The van der Waals surface area contributed by atoms with Crippen LogP contribution in [0.25, 0.3) is 0 Å². The summed E-state index contributed by atoms with van der Waals surface area (Å²) in [6.07, 6.45) is 3.34. The number of carbonyl (C=O) groups is 1. The number of hydrogen-bond donors (Lipinski definition) is 1. The molecule has 0 aliphatic carbocycles. The van der Waals surface area contributed by atoms with E-state index in [4.69, 9.17) is 5.26 Å². The molecular weight excluding hydrogens is 314 g/mol. The van der Waals surface area contributed by atoms with E-state index in [0.29, 0.717) is 16.8 Å². The van der Waals surface area contributed by atoms with Crippen LogP contribution in [0.2, 0.25) is 0 Å². The Labute approximate surface area is 147 Å². The Morgan fingerprint density at radius 3 is 2.72 bits per heavy atom. The molecule has 1 amide bonds. The number of carbonyl (C=O) groups excluding carboxylic acids is 1. The Hall–Kier alpha value is -2.91. The van der Waals surface area contributed by atoms with Crippen LogP contribution >= 0.6 is 0 Å². The maximum atomic E-state index is 12.5. The molecule has 1 aromatic heterocycles. The number of amides is 1. The number of aromatic nitrogens is 1. The number of nitriles is 1. The van der Waals surface area contributed by atoms with E-state index < -0.39 is 0 Å². The number of nitrogens with one attached hydrogen (secondary N) is 1. The molecule has 1 saturated heterocycles. The zero-order valence-electron chi connectivity index (χ0n) is 14.3. The molecule has 6 heteroatoms. The Morgan fingerprint density at radius 1 is 1.24 bits per heavy atom. The predicted molar refractivity (Wildman–Crippen MR) is 97.7 cm³/mol. The lowest BCUT2D eigenvalue weighted by atomic mass is 10.1. The fraction of sp³-hybridized carbons (Fsp3) is 0.316. The first-order chi connectivity index (χ1) is 12.2. The minimum absolute atomic E-state index is 0.260. The Bertz CT molecular complexity index is 790. The van der Waals surface area contributed by atoms with E-state index >= 15 is 0 Å². The van der Waals surface area contributed by atoms with E-state index in [1.807, 2.05) is 6.07 Å². The lowest BCUT2D eigenvalue weighted by molar-refractivity contribution is 0.102. The van der Waals surface area contributed by atoms with Crippen LogP contribution in [-0.4, -0.2) is 48.5 Å². The lowest BCUT2D eigenvalue weighted by Crippen LogP contribution is -2.46. The molecule has 6 nitrogen and oxygen atoms in total. The van der Waals surface area contributed by atoms with Gasteiger partial charge in [-0.3, -0.25) is 9.78 Å². The summed E-state index contributed by atoms with van der Waals surface area (Å²) in [6, 6.07) is 10.9. The molecule has 0 atom stereocenters. The number of likely N-dealkylation sites (N-methyl/N-ethyl adjacent to an activating group) is 1. The molecule has 0 saturated carbocycles. The van der Waals surface area contributed by atoms with Crippen LogP contribution in [0.15, 0.2) is 42.7 Å². The highest BCUT2D eigenvalue weighted by Gasteiger charge is 2.17. The molecule has 128 valence electrons. The molecule has 0 bridgehead atoms. The molecule has 0 unspecified atom stereocenters. The minimum Gasteiger partial charge on any atom is -0.368 e. The van der Waals surface area contributed by atoms with Crippen molar-refractivity contribution >= 4 is 17.3 Å². The van der Waals surface area contributed by atoms with E-state index in [2.05, 4.69) is 33.1 Å². The van der Waals surface area contributed by atoms with Crippen LogP contribution in [0.1, 0.15) is 22.8 Å². The van der Waals surface area contributed by atoms with E-state index in [1.54, 1.807) is 36.7 Å². The first-order valence-corrected chi connectivity index (χ1v) is 8.44. The number of rotatable bonds is 4. The van der Waals surface area contributed by atoms with E-state index in [-0.39, 0.29) is 5.91 Å². The average molecular weight is 335 g/mol. The first kappa shape index (κ1) is 16.9. The number of hydrogen-bond acceptors (Lipinski definition) is 5. The summed E-state index contributed by atoms with van der Waals surface area (Å²) in [5.41, 5.74) is 2.40. The zero-order chi connectivity index (χ0) is 17.6. The summed E-state index contributed by atoms with van der Waals surface area (Å²) in [7, 11) is 0. The van der Waals surface area contributed by atoms with Gasteiger partial charge in [0.15, 0.2) is 0 Å². The van der Waals surface area contributed by atoms with Crippen molar-refractivity contribution in [3.63, 3.8) is 0 Å². The quantitative estimate of drug-likeness (QED) is 0.928. The molecule has 1 aromatic carbocycles. The molecule has 1 aliphatic heterocycles. The van der Waals surface area contributed by atoms with Crippen molar-refractivity contribution in [1.29, 1.82) is 5.26 Å². The summed E-state index contributed by atoms with van der Waals surface area (Å²) in [5.74, 6) is -0.260. The summed E-state index contributed by atoms with van der Waals surface area (Å²) < 4.78 is 0. The van der Waals surface area contributed by atoms with Crippen LogP contribution in [0, 0.1) is 11.3 Å². The number of nitrogens with zero attached hydrogens (tertiary/aromatic N) is 4. The van der Waals surface area contributed by atoms with Gasteiger partial charge < -0.3 is 15.1 Å². The minimum atomic E-state index is -0.260. The van der Waals surface area contributed by atoms with Gasteiger partial charge in [0.05, 0.1) is 28.7 Å². The van der Waals surface area contributed by atoms with Crippen LogP contribution in [0.5, 0.6) is 0 Å². The molecule has 3 rings (SSSR count). The van der Waals surface area contributed by atoms with E-state index in [9.17, 15) is 4.79 Å². The molecule has 1 aliphatic rings. The average Bonchev–Trinajstić information content (AvgIpc) is 2.68. The maximum absolute atomic E-state index is 12.5. The zero-order valence-corrected chi connectivity index (χ0v) is 14.3. The highest BCUT2D eigenvalue weighted by atomic mass is 16.1. The molecule has 2 heterocycles. The molecule has 0 spiro atoms. The second-order valence-electron chi connectivity index (χ2n) is 5.96. The smallest absolute Gasteiger partial charge is 0.257 e. The van der Waals surface area contributed by atoms with E-state index in [1.165, 1.54) is 0 Å². The topological polar surface area (TPSA) is 72.3 Å². The summed E-state index contributed by atoms with van der Waals surface area (Å²) in [5, 5.41) is 11.9. The van der Waals surface area contributed by atoms with Crippen molar-refractivity contribution in [2.24, 2.45) is 0 Å². The number of piperazine rings is 1. The molecule has 25 heavy (non-hydrogen) atoms. The standard InChI is InChI=1S/C19H21N5O/c1-2-23-7-9-24(10-8-23)17-11-16(13-21-14-17)19(25)22-18-6-4-3-5-15(18)12-20/h3-6,11,13-14H,2,7-10H2,1H3,(H,22,25). The van der Waals surface area contributed by atoms with Crippen molar-refractivity contribution in [3.05, 3.63) is 53.9 Å². The highest BCUT2D eigenvalue weighted by Crippen LogP contribution is 2.19. The van der Waals surface area contributed by atoms with Gasteiger partial charge in [-0.05, 0) is 24.7 Å². The molecular formula is C19H21N5O. The third-order valence-electron chi connectivity index (χ3n) is 4.47. The largest absolute Gasteiger partial charge is 0.368 e. The van der Waals surface area contributed by atoms with Gasteiger partial charge in [0.2, 0.25) is 0 Å². The van der Waals surface area contributed by atoms with Gasteiger partial charge in [-0.25, -0.2) is 0 Å². The maximum Gasteiger partial charge on any atom is 0.257 e. The predicted octanol–water partition coefficient (Wildman–Crippen LogP) is 2.35. The monoisotopic (exact) mass is 335 g/mol. The number of anilines is 2. The van der Waals surface area contributed by atoms with Crippen molar-refractivity contribution in [1.82, 2.24) is 9.88 Å².